The molecule has 0 saturated heterocycles. The van der Waals surface area contributed by atoms with Crippen LogP contribution in [0.3, 0.4) is 0 Å². The highest BCUT2D eigenvalue weighted by molar-refractivity contribution is 5.91. The standard InChI is InChI=1S/C12H10N2O4/c1-14-7-9(6-13-14)12(17)18-10-4-2-8(3-5-10)11(15)16/h2-7H,1H3,(H,15,16). The Balaban J connectivity index is 2.10. The molecule has 1 aromatic heterocycles. The van der Waals surface area contributed by atoms with Crippen LogP contribution in [-0.4, -0.2) is 26.8 Å². The van der Waals surface area contributed by atoms with E-state index < -0.39 is 11.9 Å². The van der Waals surface area contributed by atoms with Gasteiger partial charge in [-0.1, -0.05) is 0 Å². The molecule has 6 nitrogen and oxygen atoms in total. The predicted molar refractivity (Wildman–Crippen MR) is 61.6 cm³/mol. The van der Waals surface area contributed by atoms with E-state index in [1.165, 1.54) is 41.3 Å². The summed E-state index contributed by atoms with van der Waals surface area (Å²) in [6.45, 7) is 0. The van der Waals surface area contributed by atoms with Gasteiger partial charge in [0.15, 0.2) is 0 Å². The number of carbonyl (C=O) groups is 2. The van der Waals surface area contributed by atoms with Gasteiger partial charge in [0.2, 0.25) is 0 Å². The second-order valence-corrected chi connectivity index (χ2v) is 3.62. The van der Waals surface area contributed by atoms with Crippen molar-refractivity contribution in [1.82, 2.24) is 9.78 Å². The fourth-order valence-electron chi connectivity index (χ4n) is 1.36. The lowest BCUT2D eigenvalue weighted by molar-refractivity contribution is 0.0696. The molecule has 0 fully saturated rings. The smallest absolute Gasteiger partial charge is 0.346 e. The molecule has 2 aromatic rings. The first kappa shape index (κ1) is 11.8. The number of ether oxygens (including phenoxy) is 1. The van der Waals surface area contributed by atoms with E-state index >= 15 is 0 Å². The minimum Gasteiger partial charge on any atom is -0.478 e. The summed E-state index contributed by atoms with van der Waals surface area (Å²) >= 11 is 0. The third kappa shape index (κ3) is 2.54. The lowest BCUT2D eigenvalue weighted by Gasteiger charge is -2.02. The van der Waals surface area contributed by atoms with Crippen molar-refractivity contribution >= 4 is 11.9 Å². The minimum atomic E-state index is -1.03. The third-order valence-corrected chi connectivity index (χ3v) is 2.25. The Bertz CT molecular complexity index is 586. The maximum Gasteiger partial charge on any atom is 0.346 e. The first-order valence-electron chi connectivity index (χ1n) is 5.10. The summed E-state index contributed by atoms with van der Waals surface area (Å²) in [6.07, 6.45) is 2.93. The van der Waals surface area contributed by atoms with Crippen molar-refractivity contribution in [2.24, 2.45) is 7.05 Å². The fraction of sp³-hybridized carbons (Fsp3) is 0.0833. The molecule has 0 aliphatic carbocycles. The van der Waals surface area contributed by atoms with Crippen LogP contribution in [-0.2, 0) is 7.05 Å². The number of nitrogens with zero attached hydrogens (tertiary/aromatic N) is 2. The molecule has 6 heteroatoms. The van der Waals surface area contributed by atoms with Gasteiger partial charge in [0, 0.05) is 13.2 Å². The summed E-state index contributed by atoms with van der Waals surface area (Å²) in [4.78, 5) is 22.3. The molecule has 1 aromatic carbocycles. The van der Waals surface area contributed by atoms with Crippen molar-refractivity contribution in [2.45, 2.75) is 0 Å². The summed E-state index contributed by atoms with van der Waals surface area (Å²) < 4.78 is 6.55. The van der Waals surface area contributed by atoms with Crippen molar-refractivity contribution in [3.05, 3.63) is 47.8 Å². The van der Waals surface area contributed by atoms with Crippen LogP contribution in [0.1, 0.15) is 20.7 Å². The molecule has 0 bridgehead atoms. The third-order valence-electron chi connectivity index (χ3n) is 2.25. The van der Waals surface area contributed by atoms with Crippen molar-refractivity contribution < 1.29 is 19.4 Å². The molecule has 1 N–H and O–H groups in total. The average Bonchev–Trinajstić information content (AvgIpc) is 2.76. The summed E-state index contributed by atoms with van der Waals surface area (Å²) in [6, 6.07) is 5.60. The lowest BCUT2D eigenvalue weighted by Crippen LogP contribution is -2.07. The van der Waals surface area contributed by atoms with Gasteiger partial charge in [0.05, 0.1) is 17.3 Å². The van der Waals surface area contributed by atoms with E-state index in [0.717, 1.165) is 0 Å². The van der Waals surface area contributed by atoms with Gasteiger partial charge in [0.25, 0.3) is 0 Å². The van der Waals surface area contributed by atoms with Gasteiger partial charge in [-0.25, -0.2) is 9.59 Å². The van der Waals surface area contributed by atoms with Gasteiger partial charge in [-0.15, -0.1) is 0 Å². The molecule has 92 valence electrons. The van der Waals surface area contributed by atoms with Gasteiger partial charge in [-0.2, -0.15) is 5.10 Å². The number of benzene rings is 1. The van der Waals surface area contributed by atoms with E-state index in [1.54, 1.807) is 7.05 Å². The molecule has 0 saturated carbocycles. The first-order chi connectivity index (χ1) is 8.56. The topological polar surface area (TPSA) is 81.4 Å². The quantitative estimate of drug-likeness (QED) is 0.652. The summed E-state index contributed by atoms with van der Waals surface area (Å²) in [5.74, 6) is -1.28. The number of hydrogen-bond donors (Lipinski definition) is 1. The van der Waals surface area contributed by atoms with Crippen LogP contribution in [0.4, 0.5) is 0 Å². The molecular formula is C12H10N2O4. The zero-order valence-electron chi connectivity index (χ0n) is 9.53. The fourth-order valence-corrected chi connectivity index (χ4v) is 1.36. The molecular weight excluding hydrogens is 236 g/mol. The van der Waals surface area contributed by atoms with E-state index in [-0.39, 0.29) is 11.3 Å². The Morgan fingerprint density at radius 2 is 1.89 bits per heavy atom. The van der Waals surface area contributed by atoms with Crippen molar-refractivity contribution in [1.29, 1.82) is 0 Å². The number of aromatic nitrogens is 2. The molecule has 0 aliphatic rings. The van der Waals surface area contributed by atoms with Crippen LogP contribution < -0.4 is 4.74 Å². The number of carboxylic acids is 1. The second kappa shape index (κ2) is 4.70. The first-order valence-corrected chi connectivity index (χ1v) is 5.10. The summed E-state index contributed by atoms with van der Waals surface area (Å²) in [5.41, 5.74) is 0.469. The van der Waals surface area contributed by atoms with Gasteiger partial charge >= 0.3 is 11.9 Å². The van der Waals surface area contributed by atoms with Crippen LogP contribution in [0, 0.1) is 0 Å². The van der Waals surface area contributed by atoms with Crippen LogP contribution in [0.2, 0.25) is 0 Å². The Morgan fingerprint density at radius 1 is 1.22 bits per heavy atom. The molecule has 2 rings (SSSR count). The molecule has 0 amide bonds. The Kier molecular flexibility index (Phi) is 3.09. The van der Waals surface area contributed by atoms with E-state index in [9.17, 15) is 9.59 Å². The maximum atomic E-state index is 11.7. The largest absolute Gasteiger partial charge is 0.478 e. The number of aromatic carboxylic acids is 1. The van der Waals surface area contributed by atoms with Crippen LogP contribution in [0.5, 0.6) is 5.75 Å². The number of carbonyl (C=O) groups excluding carboxylic acids is 1. The molecule has 18 heavy (non-hydrogen) atoms. The predicted octanol–water partition coefficient (Wildman–Crippen LogP) is 1.34. The van der Waals surface area contributed by atoms with Gasteiger partial charge in [-0.05, 0) is 24.3 Å². The van der Waals surface area contributed by atoms with Crippen LogP contribution in [0.25, 0.3) is 0 Å². The zero-order chi connectivity index (χ0) is 13.1. The van der Waals surface area contributed by atoms with Crippen LogP contribution >= 0.6 is 0 Å². The van der Waals surface area contributed by atoms with Crippen molar-refractivity contribution in [3.8, 4) is 5.75 Å². The van der Waals surface area contributed by atoms with E-state index in [0.29, 0.717) is 5.56 Å². The SMILES string of the molecule is Cn1cc(C(=O)Oc2ccc(C(=O)O)cc2)cn1. The van der Waals surface area contributed by atoms with E-state index in [1.807, 2.05) is 0 Å². The van der Waals surface area contributed by atoms with Gasteiger partial charge in [0.1, 0.15) is 5.75 Å². The van der Waals surface area contributed by atoms with Crippen LogP contribution in [0.15, 0.2) is 36.7 Å². The van der Waals surface area contributed by atoms with Gasteiger partial charge in [-0.3, -0.25) is 4.68 Å². The molecule has 0 atom stereocenters. The molecule has 1 heterocycles. The second-order valence-electron chi connectivity index (χ2n) is 3.62. The number of carboxylic acid groups (broad SMARTS) is 1. The van der Waals surface area contributed by atoms with E-state index in [4.69, 9.17) is 9.84 Å². The molecule has 0 radical (unpaired) electrons. The number of hydrogen-bond acceptors (Lipinski definition) is 4. The number of aryl methyl sites for hydroxylation is 1. The highest BCUT2D eigenvalue weighted by Gasteiger charge is 2.11. The van der Waals surface area contributed by atoms with Crippen molar-refractivity contribution in [2.75, 3.05) is 0 Å². The lowest BCUT2D eigenvalue weighted by atomic mass is 10.2. The van der Waals surface area contributed by atoms with Gasteiger partial charge < -0.3 is 9.84 Å². The highest BCUT2D eigenvalue weighted by atomic mass is 16.5. The Labute approximate surface area is 102 Å². The maximum absolute atomic E-state index is 11.7. The Hall–Kier alpha value is -2.63. The monoisotopic (exact) mass is 246 g/mol. The molecule has 0 spiro atoms. The zero-order valence-corrected chi connectivity index (χ0v) is 9.53. The average molecular weight is 246 g/mol. The highest BCUT2D eigenvalue weighted by Crippen LogP contribution is 2.14. The number of esters is 1. The molecule has 0 aliphatic heterocycles. The minimum absolute atomic E-state index is 0.135. The summed E-state index contributed by atoms with van der Waals surface area (Å²) in [5, 5.41) is 12.6. The van der Waals surface area contributed by atoms with E-state index in [2.05, 4.69) is 5.10 Å². The normalized spacial score (nSPS) is 10.1. The molecule has 0 unspecified atom stereocenters. The number of rotatable bonds is 3. The summed E-state index contributed by atoms with van der Waals surface area (Å²) in [7, 11) is 1.69. The Morgan fingerprint density at radius 3 is 2.39 bits per heavy atom. The van der Waals surface area contributed by atoms with Crippen molar-refractivity contribution in [3.63, 3.8) is 0 Å².